The van der Waals surface area contributed by atoms with Gasteiger partial charge in [-0.25, -0.2) is 9.98 Å². The number of para-hydroxylation sites is 2. The van der Waals surface area contributed by atoms with Gasteiger partial charge in [0.2, 0.25) is 0 Å². The van der Waals surface area contributed by atoms with Gasteiger partial charge in [0.15, 0.2) is 5.84 Å². The zero-order valence-electron chi connectivity index (χ0n) is 32.9. The maximum absolute atomic E-state index is 6.75. The Hall–Kier alpha value is -8.22. The van der Waals surface area contributed by atoms with Crippen molar-refractivity contribution < 1.29 is 8.83 Å². The van der Waals surface area contributed by atoms with Gasteiger partial charge in [0.05, 0.1) is 5.69 Å². The van der Waals surface area contributed by atoms with Crippen molar-refractivity contribution in [2.45, 2.75) is 6.17 Å². The van der Waals surface area contributed by atoms with E-state index in [0.29, 0.717) is 5.84 Å². The first kappa shape index (κ1) is 34.8. The summed E-state index contributed by atoms with van der Waals surface area (Å²) in [6.07, 6.45) is -0.430. The highest BCUT2D eigenvalue weighted by Crippen LogP contribution is 2.42. The fraction of sp³-hybridized carbons (Fsp3) is 0.0182. The smallest absolute Gasteiger partial charge is 0.159 e. The predicted octanol–water partition coefficient (Wildman–Crippen LogP) is 14.3. The average molecular weight is 785 g/mol. The summed E-state index contributed by atoms with van der Waals surface area (Å²) in [6.45, 7) is 0. The highest BCUT2D eigenvalue weighted by atomic mass is 16.3. The van der Waals surface area contributed by atoms with Crippen molar-refractivity contribution in [1.82, 2.24) is 5.32 Å². The molecule has 0 amide bonds. The van der Waals surface area contributed by atoms with E-state index in [1.54, 1.807) is 0 Å². The average Bonchev–Trinajstić information content (AvgIpc) is 3.90. The zero-order chi connectivity index (χ0) is 40.3. The molecule has 0 fully saturated rings. The highest BCUT2D eigenvalue weighted by molar-refractivity contribution is 6.22. The number of hydrogen-bond acceptors (Lipinski definition) is 6. The van der Waals surface area contributed by atoms with Gasteiger partial charge in [-0.05, 0) is 82.7 Å². The van der Waals surface area contributed by atoms with Gasteiger partial charge in [-0.2, -0.15) is 0 Å². The highest BCUT2D eigenvalue weighted by Gasteiger charge is 2.26. The lowest BCUT2D eigenvalue weighted by Gasteiger charge is -2.26. The van der Waals surface area contributed by atoms with E-state index in [2.05, 4.69) is 174 Å². The van der Waals surface area contributed by atoms with Gasteiger partial charge in [0.1, 0.15) is 34.3 Å². The van der Waals surface area contributed by atoms with E-state index in [4.69, 9.17) is 18.8 Å². The number of aliphatic imine (C=N–C) groups is 2. The van der Waals surface area contributed by atoms with Gasteiger partial charge in [-0.1, -0.05) is 140 Å². The summed E-state index contributed by atoms with van der Waals surface area (Å²) in [4.78, 5) is 12.9. The Balaban J connectivity index is 1.01. The van der Waals surface area contributed by atoms with Crippen molar-refractivity contribution in [2.24, 2.45) is 9.98 Å². The molecule has 2 aromatic heterocycles. The van der Waals surface area contributed by atoms with E-state index in [9.17, 15) is 0 Å². The molecule has 1 N–H and O–H groups in total. The number of nitrogens with one attached hydrogen (secondary N) is 1. The molecule has 6 nitrogen and oxygen atoms in total. The molecule has 0 spiro atoms. The number of rotatable bonds is 7. The van der Waals surface area contributed by atoms with Crippen molar-refractivity contribution in [3.8, 4) is 11.1 Å². The quantitative estimate of drug-likeness (QED) is 0.175. The van der Waals surface area contributed by atoms with Crippen LogP contribution < -0.4 is 10.2 Å². The van der Waals surface area contributed by atoms with Crippen LogP contribution in [0.15, 0.2) is 225 Å². The molecule has 11 aromatic rings. The monoisotopic (exact) mass is 784 g/mol. The summed E-state index contributed by atoms with van der Waals surface area (Å²) in [5, 5.41) is 10.2. The molecule has 0 saturated heterocycles. The fourth-order valence-corrected chi connectivity index (χ4v) is 8.83. The molecule has 1 unspecified atom stereocenters. The molecule has 0 bridgehead atoms. The summed E-state index contributed by atoms with van der Waals surface area (Å²) in [6, 6.07) is 71.6. The van der Waals surface area contributed by atoms with Crippen LogP contribution in [0.4, 0.5) is 17.1 Å². The SMILES string of the molecule is c1ccc(-c2cccc(C3=NC(c4ccc5oc6ccccc6c5c4)NC(c4cccc5oc6cc(N(c7ccccc7)c7cccc8ccccc78)ccc6c45)=N3)c2)cc1. The van der Waals surface area contributed by atoms with Gasteiger partial charge in [0, 0.05) is 55.5 Å². The molecule has 61 heavy (non-hydrogen) atoms. The molecule has 0 radical (unpaired) electrons. The standard InChI is InChI=1S/C55H36N4O2/c1-3-14-35(15-4-1)37-18-11-19-38(32-37)53-56-54(39-28-31-49-46(33-39)43-23-9-10-26-48(43)60-49)58-55(57-53)45-24-13-27-50-52(45)44-30-29-41(34-51(44)61-50)59(40-20-5-2-6-21-40)47-25-12-17-36-16-7-8-22-42(36)47/h1-34,54H,(H,56,57,58). The molecule has 9 aromatic carbocycles. The molecule has 1 aliphatic rings. The van der Waals surface area contributed by atoms with Crippen LogP contribution >= 0.6 is 0 Å². The second-order valence-electron chi connectivity index (χ2n) is 15.4. The maximum atomic E-state index is 6.75. The Bertz CT molecular complexity index is 3520. The second-order valence-corrected chi connectivity index (χ2v) is 15.4. The van der Waals surface area contributed by atoms with Gasteiger partial charge in [0.25, 0.3) is 0 Å². The molecule has 288 valence electrons. The Labute approximate surface area is 351 Å². The van der Waals surface area contributed by atoms with E-state index >= 15 is 0 Å². The molecule has 0 aliphatic carbocycles. The number of furan rings is 2. The second kappa shape index (κ2) is 14.3. The van der Waals surface area contributed by atoms with Gasteiger partial charge < -0.3 is 19.1 Å². The zero-order valence-corrected chi connectivity index (χ0v) is 32.9. The fourth-order valence-electron chi connectivity index (χ4n) is 8.83. The summed E-state index contributed by atoms with van der Waals surface area (Å²) in [7, 11) is 0. The first-order valence-corrected chi connectivity index (χ1v) is 20.5. The lowest BCUT2D eigenvalue weighted by molar-refractivity contribution is 0.663. The number of amidine groups is 2. The molecular weight excluding hydrogens is 749 g/mol. The van der Waals surface area contributed by atoms with E-state index in [-0.39, 0.29) is 0 Å². The lowest BCUT2D eigenvalue weighted by Crippen LogP contribution is -2.33. The number of benzene rings is 9. The minimum Gasteiger partial charge on any atom is -0.456 e. The van der Waals surface area contributed by atoms with Crippen LogP contribution in [0.3, 0.4) is 0 Å². The van der Waals surface area contributed by atoms with E-state index in [0.717, 1.165) is 94.6 Å². The largest absolute Gasteiger partial charge is 0.456 e. The normalized spacial score (nSPS) is 14.1. The van der Waals surface area contributed by atoms with Crippen LogP contribution in [-0.4, -0.2) is 11.7 Å². The van der Waals surface area contributed by atoms with Crippen LogP contribution in [0.1, 0.15) is 22.9 Å². The summed E-state index contributed by atoms with van der Waals surface area (Å²) in [5.74, 6) is 1.37. The molecule has 1 atom stereocenters. The lowest BCUT2D eigenvalue weighted by atomic mass is 10.0. The molecular formula is C55H36N4O2. The number of nitrogens with zero attached hydrogens (tertiary/aromatic N) is 3. The topological polar surface area (TPSA) is 66.3 Å². The molecule has 6 heteroatoms. The third kappa shape index (κ3) is 6.04. The third-order valence-electron chi connectivity index (χ3n) is 11.7. The summed E-state index contributed by atoms with van der Waals surface area (Å²) in [5.41, 5.74) is 11.5. The Morgan fingerprint density at radius 3 is 2.03 bits per heavy atom. The Morgan fingerprint density at radius 1 is 0.443 bits per heavy atom. The Morgan fingerprint density at radius 2 is 1.13 bits per heavy atom. The van der Waals surface area contributed by atoms with Crippen LogP contribution in [0.25, 0.3) is 65.8 Å². The van der Waals surface area contributed by atoms with Crippen LogP contribution in [0.2, 0.25) is 0 Å². The predicted molar refractivity (Wildman–Crippen MR) is 250 cm³/mol. The van der Waals surface area contributed by atoms with Gasteiger partial charge in [-0.3, -0.25) is 0 Å². The minimum absolute atomic E-state index is 0.430. The molecule has 1 aliphatic heterocycles. The number of hydrogen-bond donors (Lipinski definition) is 1. The van der Waals surface area contributed by atoms with Crippen LogP contribution in [-0.2, 0) is 0 Å². The maximum Gasteiger partial charge on any atom is 0.159 e. The van der Waals surface area contributed by atoms with Crippen molar-refractivity contribution in [3.05, 3.63) is 223 Å². The first-order valence-electron chi connectivity index (χ1n) is 20.5. The number of fused-ring (bicyclic) bond motifs is 7. The van der Waals surface area contributed by atoms with Crippen molar-refractivity contribution in [3.63, 3.8) is 0 Å². The first-order chi connectivity index (χ1) is 30.2. The van der Waals surface area contributed by atoms with Crippen molar-refractivity contribution >= 4 is 83.4 Å². The van der Waals surface area contributed by atoms with E-state index in [1.807, 2.05) is 42.5 Å². The Kier molecular flexibility index (Phi) is 8.13. The van der Waals surface area contributed by atoms with Crippen molar-refractivity contribution in [1.29, 1.82) is 0 Å². The van der Waals surface area contributed by atoms with Gasteiger partial charge >= 0.3 is 0 Å². The van der Waals surface area contributed by atoms with Gasteiger partial charge in [-0.15, -0.1) is 0 Å². The molecule has 0 saturated carbocycles. The molecule has 3 heterocycles. The number of anilines is 3. The summed E-state index contributed by atoms with van der Waals surface area (Å²) >= 11 is 0. The van der Waals surface area contributed by atoms with Crippen molar-refractivity contribution in [2.75, 3.05) is 4.90 Å². The van der Waals surface area contributed by atoms with E-state index in [1.165, 1.54) is 10.8 Å². The summed E-state index contributed by atoms with van der Waals surface area (Å²) < 4.78 is 13.0. The molecule has 12 rings (SSSR count). The van der Waals surface area contributed by atoms with Crippen LogP contribution in [0.5, 0.6) is 0 Å². The third-order valence-corrected chi connectivity index (χ3v) is 11.7. The minimum atomic E-state index is -0.430. The van der Waals surface area contributed by atoms with Crippen LogP contribution in [0, 0.1) is 0 Å². The van der Waals surface area contributed by atoms with E-state index < -0.39 is 6.17 Å².